The maximum absolute atomic E-state index is 5.96. The Kier molecular flexibility index (Phi) is 3.17. The molecule has 0 aliphatic rings. The molecule has 0 unspecified atom stereocenters. The van der Waals surface area contributed by atoms with Gasteiger partial charge in [0.2, 0.25) is 0 Å². The number of nitrogens with zero attached hydrogens (tertiary/aromatic N) is 1. The number of hydrogen-bond donors (Lipinski definition) is 1. The van der Waals surface area contributed by atoms with Gasteiger partial charge in [-0.05, 0) is 12.1 Å². The molecule has 1 heterocycles. The monoisotopic (exact) mass is 254 g/mol. The van der Waals surface area contributed by atoms with Gasteiger partial charge in [-0.1, -0.05) is 23.2 Å². The SMILES string of the molecule is Nc1cnccc1Oc1cc(Cl)ccc1Cl. The summed E-state index contributed by atoms with van der Waals surface area (Å²) in [4.78, 5) is 3.86. The van der Waals surface area contributed by atoms with Crippen LogP contribution in [0.5, 0.6) is 11.5 Å². The van der Waals surface area contributed by atoms with Gasteiger partial charge in [0.1, 0.15) is 5.75 Å². The van der Waals surface area contributed by atoms with E-state index in [4.69, 9.17) is 33.7 Å². The average molecular weight is 255 g/mol. The second-order valence-corrected chi connectivity index (χ2v) is 3.93. The first-order valence-corrected chi connectivity index (χ1v) is 5.25. The smallest absolute Gasteiger partial charge is 0.153 e. The van der Waals surface area contributed by atoms with Crippen molar-refractivity contribution in [3.63, 3.8) is 0 Å². The molecular weight excluding hydrogens is 247 g/mol. The van der Waals surface area contributed by atoms with E-state index in [1.54, 1.807) is 30.5 Å². The lowest BCUT2D eigenvalue weighted by atomic mass is 10.3. The molecule has 0 radical (unpaired) electrons. The molecule has 16 heavy (non-hydrogen) atoms. The Morgan fingerprint density at radius 3 is 2.69 bits per heavy atom. The van der Waals surface area contributed by atoms with E-state index >= 15 is 0 Å². The first-order chi connectivity index (χ1) is 7.66. The molecule has 2 aromatic rings. The molecule has 0 amide bonds. The molecule has 0 aliphatic heterocycles. The van der Waals surface area contributed by atoms with Gasteiger partial charge in [-0.2, -0.15) is 0 Å². The first-order valence-electron chi connectivity index (χ1n) is 4.49. The topological polar surface area (TPSA) is 48.1 Å². The van der Waals surface area contributed by atoms with Gasteiger partial charge >= 0.3 is 0 Å². The van der Waals surface area contributed by atoms with Crippen LogP contribution in [0, 0.1) is 0 Å². The van der Waals surface area contributed by atoms with Gasteiger partial charge in [-0.15, -0.1) is 0 Å². The Bertz CT molecular complexity index is 517. The van der Waals surface area contributed by atoms with Gasteiger partial charge in [-0.25, -0.2) is 0 Å². The van der Waals surface area contributed by atoms with E-state index in [2.05, 4.69) is 4.98 Å². The van der Waals surface area contributed by atoms with Gasteiger partial charge in [-0.3, -0.25) is 4.98 Å². The Morgan fingerprint density at radius 1 is 1.12 bits per heavy atom. The third-order valence-electron chi connectivity index (χ3n) is 1.92. The van der Waals surface area contributed by atoms with Crippen molar-refractivity contribution in [3.8, 4) is 11.5 Å². The number of benzene rings is 1. The number of ether oxygens (including phenoxy) is 1. The van der Waals surface area contributed by atoms with Crippen LogP contribution >= 0.6 is 23.2 Å². The predicted molar refractivity (Wildman–Crippen MR) is 65.2 cm³/mol. The molecule has 3 nitrogen and oxygen atoms in total. The van der Waals surface area contributed by atoms with Crippen LogP contribution in [-0.2, 0) is 0 Å². The number of halogens is 2. The number of pyridine rings is 1. The molecule has 5 heteroatoms. The summed E-state index contributed by atoms with van der Waals surface area (Å²) in [6.07, 6.45) is 3.10. The van der Waals surface area contributed by atoms with E-state index in [-0.39, 0.29) is 0 Å². The molecule has 82 valence electrons. The molecule has 2 N–H and O–H groups in total. The van der Waals surface area contributed by atoms with Crippen molar-refractivity contribution >= 4 is 28.9 Å². The van der Waals surface area contributed by atoms with Crippen LogP contribution in [0.4, 0.5) is 5.69 Å². The van der Waals surface area contributed by atoms with Crippen molar-refractivity contribution in [1.82, 2.24) is 4.98 Å². The van der Waals surface area contributed by atoms with Gasteiger partial charge in [0.05, 0.1) is 16.9 Å². The zero-order chi connectivity index (χ0) is 11.5. The minimum Gasteiger partial charge on any atom is -0.453 e. The van der Waals surface area contributed by atoms with Crippen molar-refractivity contribution < 1.29 is 4.74 Å². The highest BCUT2D eigenvalue weighted by Crippen LogP contribution is 2.33. The fourth-order valence-corrected chi connectivity index (χ4v) is 1.48. The molecule has 2 rings (SSSR count). The van der Waals surface area contributed by atoms with Crippen LogP contribution in [0.3, 0.4) is 0 Å². The predicted octanol–water partition coefficient (Wildman–Crippen LogP) is 3.76. The third-order valence-corrected chi connectivity index (χ3v) is 2.47. The van der Waals surface area contributed by atoms with Crippen molar-refractivity contribution in [2.24, 2.45) is 0 Å². The van der Waals surface area contributed by atoms with Crippen molar-refractivity contribution in [1.29, 1.82) is 0 Å². The van der Waals surface area contributed by atoms with Crippen LogP contribution in [-0.4, -0.2) is 4.98 Å². The fourth-order valence-electron chi connectivity index (χ4n) is 1.16. The molecule has 0 saturated carbocycles. The Labute approximate surface area is 103 Å². The highest BCUT2D eigenvalue weighted by molar-refractivity contribution is 6.34. The Balaban J connectivity index is 2.34. The highest BCUT2D eigenvalue weighted by atomic mass is 35.5. The summed E-state index contributed by atoms with van der Waals surface area (Å²) in [6.45, 7) is 0. The van der Waals surface area contributed by atoms with Crippen LogP contribution in [0.2, 0.25) is 10.0 Å². The number of hydrogen-bond acceptors (Lipinski definition) is 3. The van der Waals surface area contributed by atoms with E-state index in [1.807, 2.05) is 0 Å². The summed E-state index contributed by atoms with van der Waals surface area (Å²) in [7, 11) is 0. The quantitative estimate of drug-likeness (QED) is 0.888. The number of rotatable bonds is 2. The number of nitrogens with two attached hydrogens (primary N) is 1. The van der Waals surface area contributed by atoms with Crippen molar-refractivity contribution in [3.05, 3.63) is 46.7 Å². The summed E-state index contributed by atoms with van der Waals surface area (Å²) in [5.74, 6) is 0.964. The van der Waals surface area contributed by atoms with E-state index in [0.29, 0.717) is 27.2 Å². The van der Waals surface area contributed by atoms with E-state index in [0.717, 1.165) is 0 Å². The second-order valence-electron chi connectivity index (χ2n) is 3.09. The zero-order valence-corrected chi connectivity index (χ0v) is 9.66. The summed E-state index contributed by atoms with van der Waals surface area (Å²) in [6, 6.07) is 6.64. The molecule has 0 bridgehead atoms. The normalized spacial score (nSPS) is 10.1. The summed E-state index contributed by atoms with van der Waals surface area (Å²) < 4.78 is 5.54. The van der Waals surface area contributed by atoms with Gasteiger partial charge in [0.15, 0.2) is 5.75 Å². The minimum absolute atomic E-state index is 0.443. The second kappa shape index (κ2) is 4.60. The van der Waals surface area contributed by atoms with E-state index in [1.165, 1.54) is 6.20 Å². The first kappa shape index (κ1) is 11.0. The number of anilines is 1. The van der Waals surface area contributed by atoms with E-state index in [9.17, 15) is 0 Å². The van der Waals surface area contributed by atoms with Crippen LogP contribution in [0.15, 0.2) is 36.7 Å². The minimum atomic E-state index is 0.443. The Morgan fingerprint density at radius 2 is 1.94 bits per heavy atom. The molecule has 0 saturated heterocycles. The molecule has 1 aromatic heterocycles. The zero-order valence-electron chi connectivity index (χ0n) is 8.15. The average Bonchev–Trinajstić information content (AvgIpc) is 2.27. The lowest BCUT2D eigenvalue weighted by Gasteiger charge is -2.09. The summed E-state index contributed by atoms with van der Waals surface area (Å²) in [5, 5.41) is 1.02. The van der Waals surface area contributed by atoms with Crippen LogP contribution < -0.4 is 10.5 Å². The highest BCUT2D eigenvalue weighted by Gasteiger charge is 2.06. The third kappa shape index (κ3) is 2.38. The van der Waals surface area contributed by atoms with Gasteiger partial charge in [0, 0.05) is 23.4 Å². The molecule has 0 atom stereocenters. The lowest BCUT2D eigenvalue weighted by molar-refractivity contribution is 0.484. The van der Waals surface area contributed by atoms with Gasteiger partial charge < -0.3 is 10.5 Å². The van der Waals surface area contributed by atoms with Crippen LogP contribution in [0.1, 0.15) is 0 Å². The lowest BCUT2D eigenvalue weighted by Crippen LogP contribution is -1.93. The van der Waals surface area contributed by atoms with Crippen molar-refractivity contribution in [2.75, 3.05) is 5.73 Å². The maximum Gasteiger partial charge on any atom is 0.153 e. The largest absolute Gasteiger partial charge is 0.453 e. The van der Waals surface area contributed by atoms with Crippen molar-refractivity contribution in [2.45, 2.75) is 0 Å². The molecule has 0 aliphatic carbocycles. The van der Waals surface area contributed by atoms with Gasteiger partial charge in [0.25, 0.3) is 0 Å². The van der Waals surface area contributed by atoms with Crippen LogP contribution in [0.25, 0.3) is 0 Å². The fraction of sp³-hybridized carbons (Fsp3) is 0. The molecule has 0 spiro atoms. The summed E-state index contributed by atoms with van der Waals surface area (Å²) in [5.41, 5.74) is 6.14. The number of nitrogen functional groups attached to an aromatic ring is 1. The number of aromatic nitrogens is 1. The molecule has 1 aromatic carbocycles. The molecule has 0 fully saturated rings. The standard InChI is InChI=1S/C11H8Cl2N2O/c12-7-1-2-8(13)11(5-7)16-10-3-4-15-6-9(10)14/h1-6H,14H2. The van der Waals surface area contributed by atoms with E-state index < -0.39 is 0 Å². The summed E-state index contributed by atoms with van der Waals surface area (Å²) >= 11 is 11.8. The molecular formula is C11H8Cl2N2O. The maximum atomic E-state index is 5.96. The Hall–Kier alpha value is -1.45.